The number of rotatable bonds is 5. The van der Waals surface area contributed by atoms with E-state index in [1.165, 1.54) is 6.08 Å². The summed E-state index contributed by atoms with van der Waals surface area (Å²) in [6.45, 7) is 3.93. The molecule has 2 aromatic heterocycles. The van der Waals surface area contributed by atoms with Gasteiger partial charge in [-0.15, -0.1) is 0 Å². The molecule has 0 spiro atoms. The minimum Gasteiger partial charge on any atom is -0.437 e. The topological polar surface area (TPSA) is 112 Å². The summed E-state index contributed by atoms with van der Waals surface area (Å²) in [5.41, 5.74) is 3.17. The molecular formula is C23H20BrN7O. The van der Waals surface area contributed by atoms with Crippen LogP contribution in [0.2, 0.25) is 0 Å². The molecular weight excluding hydrogens is 470 g/mol. The molecule has 0 amide bonds. The fourth-order valence-electron chi connectivity index (χ4n) is 4.95. The number of anilines is 1. The van der Waals surface area contributed by atoms with Gasteiger partial charge >= 0.3 is 0 Å². The number of ether oxygens (including phenoxy) is 1. The van der Waals surface area contributed by atoms with Crippen molar-refractivity contribution in [3.63, 3.8) is 0 Å². The van der Waals surface area contributed by atoms with Crippen LogP contribution >= 0.6 is 15.9 Å². The molecule has 0 saturated heterocycles. The zero-order chi connectivity index (χ0) is 22.7. The van der Waals surface area contributed by atoms with Gasteiger partial charge in [-0.05, 0) is 83.9 Å². The number of nitriles is 2. The zero-order valence-corrected chi connectivity index (χ0v) is 19.5. The van der Waals surface area contributed by atoms with Crippen LogP contribution in [-0.2, 0) is 7.05 Å². The highest BCUT2D eigenvalue weighted by Gasteiger charge is 2.69. The van der Waals surface area contributed by atoms with E-state index in [0.29, 0.717) is 33.2 Å². The summed E-state index contributed by atoms with van der Waals surface area (Å²) in [5.74, 6) is 1.58. The second-order valence-corrected chi connectivity index (χ2v) is 9.59. The minimum absolute atomic E-state index is 0.100. The third kappa shape index (κ3) is 3.12. The Morgan fingerprint density at radius 2 is 1.88 bits per heavy atom. The maximum atomic E-state index is 9.31. The smallest absolute Gasteiger partial charge is 0.236 e. The van der Waals surface area contributed by atoms with Crippen LogP contribution < -0.4 is 10.1 Å². The molecule has 32 heavy (non-hydrogen) atoms. The molecule has 160 valence electrons. The molecule has 3 aliphatic rings. The van der Waals surface area contributed by atoms with Crippen molar-refractivity contribution in [2.24, 2.45) is 12.5 Å². The van der Waals surface area contributed by atoms with Crippen molar-refractivity contribution in [3.05, 3.63) is 39.5 Å². The number of aryl methyl sites for hydroxylation is 3. The summed E-state index contributed by atoms with van der Waals surface area (Å²) < 4.78 is 8.65. The number of allylic oxidation sites excluding steroid dienone is 1. The molecule has 0 radical (unpaired) electrons. The van der Waals surface area contributed by atoms with Crippen molar-refractivity contribution in [1.82, 2.24) is 19.7 Å². The van der Waals surface area contributed by atoms with Crippen LogP contribution in [0.25, 0.3) is 17.1 Å². The Labute approximate surface area is 193 Å². The Hall–Kier alpha value is -3.43. The van der Waals surface area contributed by atoms with E-state index in [4.69, 9.17) is 15.0 Å². The van der Waals surface area contributed by atoms with Gasteiger partial charge in [0.15, 0.2) is 5.65 Å². The second-order valence-electron chi connectivity index (χ2n) is 8.84. The van der Waals surface area contributed by atoms with E-state index in [-0.39, 0.29) is 11.0 Å². The summed E-state index contributed by atoms with van der Waals surface area (Å²) in [6.07, 6.45) is 5.68. The highest BCUT2D eigenvalue weighted by Crippen LogP contribution is 2.67. The first kappa shape index (κ1) is 20.5. The number of nitrogens with zero attached hydrogens (tertiary/aromatic N) is 6. The number of fused-ring (bicyclic) bond motifs is 1. The third-order valence-corrected chi connectivity index (χ3v) is 6.84. The first-order valence-corrected chi connectivity index (χ1v) is 11.0. The van der Waals surface area contributed by atoms with E-state index in [9.17, 15) is 5.26 Å². The van der Waals surface area contributed by atoms with E-state index in [1.807, 2.05) is 39.1 Å². The molecule has 3 aromatic rings. The molecule has 3 saturated carbocycles. The van der Waals surface area contributed by atoms with Gasteiger partial charge in [-0.25, -0.2) is 4.68 Å². The van der Waals surface area contributed by atoms with Crippen molar-refractivity contribution < 1.29 is 4.74 Å². The summed E-state index contributed by atoms with van der Waals surface area (Å²) >= 11 is 3.51. The summed E-state index contributed by atoms with van der Waals surface area (Å²) in [6, 6.07) is 8.37. The van der Waals surface area contributed by atoms with Crippen LogP contribution in [0, 0.1) is 41.9 Å². The lowest BCUT2D eigenvalue weighted by Gasteiger charge is -2.66. The Balaban J connectivity index is 1.53. The van der Waals surface area contributed by atoms with Crippen LogP contribution in [0.3, 0.4) is 0 Å². The number of hydrogen-bond donors (Lipinski definition) is 1. The van der Waals surface area contributed by atoms with Crippen LogP contribution in [0.5, 0.6) is 11.6 Å². The zero-order valence-electron chi connectivity index (χ0n) is 17.9. The fourth-order valence-corrected chi connectivity index (χ4v) is 5.53. The van der Waals surface area contributed by atoms with Gasteiger partial charge in [-0.2, -0.15) is 25.6 Å². The summed E-state index contributed by atoms with van der Waals surface area (Å²) in [7, 11) is 1.83. The number of benzene rings is 1. The Morgan fingerprint density at radius 1 is 1.19 bits per heavy atom. The molecule has 0 unspecified atom stereocenters. The molecule has 9 heteroatoms. The van der Waals surface area contributed by atoms with Crippen LogP contribution in [0.4, 0.5) is 5.95 Å². The second kappa shape index (κ2) is 7.04. The van der Waals surface area contributed by atoms with Crippen molar-refractivity contribution >= 4 is 39.0 Å². The molecule has 1 aromatic carbocycles. The van der Waals surface area contributed by atoms with Gasteiger partial charge in [-0.3, -0.25) is 0 Å². The fraction of sp³-hybridized carbons (Fsp3) is 0.348. The average molecular weight is 490 g/mol. The molecule has 2 bridgehead atoms. The number of aromatic nitrogens is 4. The van der Waals surface area contributed by atoms with Gasteiger partial charge in [0.1, 0.15) is 15.7 Å². The molecule has 1 N–H and O–H groups in total. The maximum Gasteiger partial charge on any atom is 0.236 e. The van der Waals surface area contributed by atoms with E-state index in [0.717, 1.165) is 36.0 Å². The van der Waals surface area contributed by atoms with Gasteiger partial charge < -0.3 is 10.1 Å². The molecule has 3 aliphatic carbocycles. The van der Waals surface area contributed by atoms with E-state index >= 15 is 0 Å². The molecule has 8 nitrogen and oxygen atoms in total. The molecule has 2 heterocycles. The largest absolute Gasteiger partial charge is 0.437 e. The molecule has 0 aliphatic heterocycles. The maximum absolute atomic E-state index is 9.31. The van der Waals surface area contributed by atoms with Crippen molar-refractivity contribution in [2.75, 3.05) is 5.32 Å². The lowest BCUT2D eigenvalue weighted by Crippen LogP contribution is -2.70. The predicted octanol–water partition coefficient (Wildman–Crippen LogP) is 4.93. The molecule has 6 rings (SSSR count). The Kier molecular flexibility index (Phi) is 4.51. The standard InChI is InChI=1S/C23H20BrN7O/c1-13-7-15(5-4-6-25)8-14(2)17(13)32-20-16-18(24)30-31(3)19(16)27-21(28-20)29-23-9-22(10-23,11-23)12-26/h4-5,7-8H,9-11H2,1-3H3,(H,27,28,29)/b5-4+. The summed E-state index contributed by atoms with van der Waals surface area (Å²) in [4.78, 5) is 9.37. The number of hydrogen-bond acceptors (Lipinski definition) is 7. The first-order chi connectivity index (χ1) is 15.3. The van der Waals surface area contributed by atoms with Crippen LogP contribution in [0.1, 0.15) is 36.0 Å². The number of nitrogens with one attached hydrogen (secondary N) is 1. The van der Waals surface area contributed by atoms with Crippen LogP contribution in [-0.4, -0.2) is 25.3 Å². The molecule has 0 atom stereocenters. The van der Waals surface area contributed by atoms with Crippen LogP contribution in [0.15, 0.2) is 22.8 Å². The monoisotopic (exact) mass is 489 g/mol. The first-order valence-electron chi connectivity index (χ1n) is 10.2. The van der Waals surface area contributed by atoms with Gasteiger partial charge in [0.05, 0.1) is 17.6 Å². The van der Waals surface area contributed by atoms with Gasteiger partial charge in [-0.1, -0.05) is 0 Å². The lowest BCUT2D eigenvalue weighted by atomic mass is 9.40. The average Bonchev–Trinajstić information content (AvgIpc) is 2.98. The van der Waals surface area contributed by atoms with Crippen molar-refractivity contribution in [3.8, 4) is 23.8 Å². The lowest BCUT2D eigenvalue weighted by molar-refractivity contribution is -0.0665. The SMILES string of the molecule is Cc1cc(/C=C/C#N)cc(C)c1Oc1nc(NC23CC(C#N)(C2)C3)nc2c1c(Br)nn2C. The molecule has 3 fully saturated rings. The van der Waals surface area contributed by atoms with Gasteiger partial charge in [0, 0.05) is 18.7 Å². The summed E-state index contributed by atoms with van der Waals surface area (Å²) in [5, 5.41) is 26.7. The Morgan fingerprint density at radius 3 is 2.50 bits per heavy atom. The van der Waals surface area contributed by atoms with Gasteiger partial charge in [0.25, 0.3) is 0 Å². The third-order valence-electron chi connectivity index (χ3n) is 6.28. The minimum atomic E-state index is -0.165. The predicted molar refractivity (Wildman–Crippen MR) is 123 cm³/mol. The van der Waals surface area contributed by atoms with E-state index in [1.54, 1.807) is 10.8 Å². The number of halogens is 1. The highest BCUT2D eigenvalue weighted by atomic mass is 79.9. The van der Waals surface area contributed by atoms with Crippen molar-refractivity contribution in [2.45, 2.75) is 38.6 Å². The van der Waals surface area contributed by atoms with Crippen molar-refractivity contribution in [1.29, 1.82) is 10.5 Å². The van der Waals surface area contributed by atoms with E-state index in [2.05, 4.69) is 37.4 Å². The normalized spacial score (nSPS) is 23.3. The van der Waals surface area contributed by atoms with E-state index < -0.39 is 0 Å². The van der Waals surface area contributed by atoms with Gasteiger partial charge in [0.2, 0.25) is 11.8 Å². The quantitative estimate of drug-likeness (QED) is 0.505. The Bertz CT molecular complexity index is 1350. The highest BCUT2D eigenvalue weighted by molar-refractivity contribution is 9.10.